The summed E-state index contributed by atoms with van der Waals surface area (Å²) in [6, 6.07) is 12.5. The number of ether oxygens (including phenoxy) is 2. The van der Waals surface area contributed by atoms with Crippen molar-refractivity contribution in [2.45, 2.75) is 55.1 Å². The van der Waals surface area contributed by atoms with Crippen LogP contribution in [0.4, 0.5) is 0 Å². The van der Waals surface area contributed by atoms with Crippen LogP contribution in [0.25, 0.3) is 11.0 Å². The molecule has 0 bridgehead atoms. The van der Waals surface area contributed by atoms with Crippen LogP contribution in [-0.4, -0.2) is 61.2 Å². The fourth-order valence-corrected chi connectivity index (χ4v) is 6.74. The number of imidazole rings is 1. The molecule has 1 fully saturated rings. The normalized spacial score (nSPS) is 16.3. The largest absolute Gasteiger partial charge is 0.465 e. The maximum absolute atomic E-state index is 13.1. The summed E-state index contributed by atoms with van der Waals surface area (Å²) >= 11 is 1.55. The van der Waals surface area contributed by atoms with Gasteiger partial charge in [-0.3, -0.25) is 0 Å². The molecular weight excluding hydrogens is 486 g/mol. The smallest absolute Gasteiger partial charge is 0.337 e. The number of aromatic nitrogens is 2. The Balaban J connectivity index is 1.67. The molecule has 1 aliphatic rings. The van der Waals surface area contributed by atoms with Gasteiger partial charge in [-0.2, -0.15) is 4.31 Å². The summed E-state index contributed by atoms with van der Waals surface area (Å²) in [5.74, 6) is 0.231. The van der Waals surface area contributed by atoms with Crippen LogP contribution >= 0.6 is 11.8 Å². The molecule has 2 heterocycles. The Labute approximate surface area is 210 Å². The quantitative estimate of drug-likeness (QED) is 0.292. The standard InChI is InChI=1S/C25H31N3O5S2/c1-4-27(5-2)35(30,31)21-11-12-23-22(15-21)26-25(28(23)16-20-10-7-13-33-20)34-17-18-8-6-9-19(14-18)24(29)32-3/h6,8-9,11-12,14-15,20H,4-5,7,10,13,16-17H2,1-3H3. The molecule has 0 aliphatic carbocycles. The van der Waals surface area contributed by atoms with Crippen LogP contribution in [0.2, 0.25) is 0 Å². The molecule has 1 saturated heterocycles. The molecule has 0 N–H and O–H groups in total. The van der Waals surface area contributed by atoms with Gasteiger partial charge in [0.05, 0.1) is 41.3 Å². The molecule has 8 nitrogen and oxygen atoms in total. The zero-order valence-electron chi connectivity index (χ0n) is 20.3. The highest BCUT2D eigenvalue weighted by Crippen LogP contribution is 2.31. The van der Waals surface area contributed by atoms with Crippen LogP contribution in [-0.2, 0) is 31.8 Å². The highest BCUT2D eigenvalue weighted by Gasteiger charge is 2.24. The van der Waals surface area contributed by atoms with Gasteiger partial charge in [0.25, 0.3) is 0 Å². The minimum atomic E-state index is -3.58. The van der Waals surface area contributed by atoms with Gasteiger partial charge in [0.15, 0.2) is 5.16 Å². The molecule has 0 amide bonds. The van der Waals surface area contributed by atoms with E-state index in [2.05, 4.69) is 4.57 Å². The van der Waals surface area contributed by atoms with E-state index < -0.39 is 10.0 Å². The number of hydrogen-bond acceptors (Lipinski definition) is 7. The van der Waals surface area contributed by atoms with Gasteiger partial charge < -0.3 is 14.0 Å². The third-order valence-corrected chi connectivity index (χ3v) is 9.25. The van der Waals surface area contributed by atoms with Crippen molar-refractivity contribution in [3.63, 3.8) is 0 Å². The van der Waals surface area contributed by atoms with Gasteiger partial charge >= 0.3 is 5.97 Å². The number of thioether (sulfide) groups is 1. The number of hydrogen-bond donors (Lipinski definition) is 0. The molecule has 0 radical (unpaired) electrons. The molecule has 35 heavy (non-hydrogen) atoms. The van der Waals surface area contributed by atoms with Gasteiger partial charge in [-0.15, -0.1) is 0 Å². The topological polar surface area (TPSA) is 90.7 Å². The lowest BCUT2D eigenvalue weighted by Gasteiger charge is -2.18. The van der Waals surface area contributed by atoms with E-state index in [-0.39, 0.29) is 17.0 Å². The first kappa shape index (κ1) is 25.7. The third-order valence-electron chi connectivity index (χ3n) is 6.15. The number of benzene rings is 2. The number of sulfonamides is 1. The number of carbonyl (C=O) groups is 1. The molecule has 0 spiro atoms. The molecule has 3 aromatic rings. The lowest BCUT2D eigenvalue weighted by molar-refractivity contribution is 0.0600. The minimum absolute atomic E-state index is 0.105. The Morgan fingerprint density at radius 3 is 2.71 bits per heavy atom. The van der Waals surface area contributed by atoms with Gasteiger partial charge in [-0.05, 0) is 48.7 Å². The first-order valence-corrected chi connectivity index (χ1v) is 14.2. The summed E-state index contributed by atoms with van der Waals surface area (Å²) in [4.78, 5) is 17.0. The van der Waals surface area contributed by atoms with Crippen molar-refractivity contribution in [1.82, 2.24) is 13.9 Å². The van der Waals surface area contributed by atoms with Crippen LogP contribution in [0.3, 0.4) is 0 Å². The lowest BCUT2D eigenvalue weighted by atomic mass is 10.1. The maximum Gasteiger partial charge on any atom is 0.337 e. The van der Waals surface area contributed by atoms with Crippen LogP contribution in [0.1, 0.15) is 42.6 Å². The van der Waals surface area contributed by atoms with Crippen molar-refractivity contribution in [3.8, 4) is 0 Å². The second kappa shape index (κ2) is 11.1. The van der Waals surface area contributed by atoms with Crippen LogP contribution in [0.5, 0.6) is 0 Å². The third kappa shape index (κ3) is 5.55. The van der Waals surface area contributed by atoms with Gasteiger partial charge in [-0.25, -0.2) is 18.2 Å². The van der Waals surface area contributed by atoms with E-state index >= 15 is 0 Å². The van der Waals surface area contributed by atoms with E-state index in [0.29, 0.717) is 36.5 Å². The number of methoxy groups -OCH3 is 1. The highest BCUT2D eigenvalue weighted by atomic mass is 32.2. The average molecular weight is 518 g/mol. The molecule has 2 aromatic carbocycles. The van der Waals surface area contributed by atoms with Crippen molar-refractivity contribution in [2.24, 2.45) is 0 Å². The molecule has 1 aromatic heterocycles. The lowest BCUT2D eigenvalue weighted by Crippen LogP contribution is -2.30. The molecule has 1 unspecified atom stereocenters. The summed E-state index contributed by atoms with van der Waals surface area (Å²) in [5, 5.41) is 0.788. The van der Waals surface area contributed by atoms with Crippen LogP contribution < -0.4 is 0 Å². The minimum Gasteiger partial charge on any atom is -0.465 e. The van der Waals surface area contributed by atoms with E-state index in [9.17, 15) is 13.2 Å². The number of fused-ring (bicyclic) bond motifs is 1. The maximum atomic E-state index is 13.1. The van der Waals surface area contributed by atoms with Gasteiger partial charge in [0, 0.05) is 25.4 Å². The molecule has 1 aliphatic heterocycles. The fourth-order valence-electron chi connectivity index (χ4n) is 4.29. The number of rotatable bonds is 10. The zero-order valence-corrected chi connectivity index (χ0v) is 21.9. The average Bonchev–Trinajstić information content (AvgIpc) is 3.51. The summed E-state index contributed by atoms with van der Waals surface area (Å²) in [5.41, 5.74) is 3.00. The summed E-state index contributed by atoms with van der Waals surface area (Å²) < 4.78 is 40.4. The number of carbonyl (C=O) groups excluding carboxylic acids is 1. The predicted octanol–water partition coefficient (Wildman–Crippen LogP) is 4.32. The van der Waals surface area contributed by atoms with E-state index in [1.807, 2.05) is 38.1 Å². The summed E-state index contributed by atoms with van der Waals surface area (Å²) in [6.07, 6.45) is 2.12. The van der Waals surface area contributed by atoms with Crippen molar-refractivity contribution in [1.29, 1.82) is 0 Å². The van der Waals surface area contributed by atoms with Crippen molar-refractivity contribution < 1.29 is 22.7 Å². The van der Waals surface area contributed by atoms with E-state index in [4.69, 9.17) is 14.5 Å². The van der Waals surface area contributed by atoms with Crippen LogP contribution in [0, 0.1) is 0 Å². The Morgan fingerprint density at radius 2 is 2.03 bits per heavy atom. The summed E-state index contributed by atoms with van der Waals surface area (Å²) in [6.45, 7) is 5.90. The number of nitrogens with zero attached hydrogens (tertiary/aromatic N) is 3. The van der Waals surface area contributed by atoms with Crippen molar-refractivity contribution in [2.75, 3.05) is 26.8 Å². The molecule has 4 rings (SSSR count). The van der Waals surface area contributed by atoms with Gasteiger partial charge in [0.2, 0.25) is 10.0 Å². The molecule has 10 heteroatoms. The molecular formula is C25H31N3O5S2. The zero-order chi connectivity index (χ0) is 25.0. The molecule has 0 saturated carbocycles. The van der Waals surface area contributed by atoms with Gasteiger partial charge in [0.1, 0.15) is 0 Å². The second-order valence-corrected chi connectivity index (χ2v) is 11.2. The fraction of sp³-hybridized carbons (Fsp3) is 0.440. The molecule has 188 valence electrons. The van der Waals surface area contributed by atoms with E-state index in [1.165, 1.54) is 11.4 Å². The summed E-state index contributed by atoms with van der Waals surface area (Å²) in [7, 11) is -2.21. The second-order valence-electron chi connectivity index (χ2n) is 8.36. The Bertz CT molecular complexity index is 1300. The predicted molar refractivity (Wildman–Crippen MR) is 136 cm³/mol. The van der Waals surface area contributed by atoms with E-state index in [0.717, 1.165) is 35.7 Å². The first-order valence-electron chi connectivity index (χ1n) is 11.8. The Morgan fingerprint density at radius 1 is 1.23 bits per heavy atom. The Hall–Kier alpha value is -2.40. The highest BCUT2D eigenvalue weighted by molar-refractivity contribution is 7.98. The SMILES string of the molecule is CCN(CC)S(=O)(=O)c1ccc2c(c1)nc(SCc1cccc(C(=O)OC)c1)n2CC1CCCO1. The van der Waals surface area contributed by atoms with Gasteiger partial charge in [-0.1, -0.05) is 37.7 Å². The monoisotopic (exact) mass is 517 g/mol. The molecule has 1 atom stereocenters. The van der Waals surface area contributed by atoms with E-state index in [1.54, 1.807) is 30.0 Å². The van der Waals surface area contributed by atoms with Crippen molar-refractivity contribution in [3.05, 3.63) is 53.6 Å². The first-order chi connectivity index (χ1) is 16.9. The number of esters is 1. The van der Waals surface area contributed by atoms with Crippen LogP contribution in [0.15, 0.2) is 52.5 Å². The Kier molecular flexibility index (Phi) is 8.16. The van der Waals surface area contributed by atoms with Crippen molar-refractivity contribution >= 4 is 38.8 Å².